The fraction of sp³-hybridized carbons (Fsp3) is 0.188. The number of fused-ring (bicyclic) bond motifs is 1. The third kappa shape index (κ3) is 2.02. The van der Waals surface area contributed by atoms with Gasteiger partial charge < -0.3 is 10.0 Å². The van der Waals surface area contributed by atoms with E-state index in [4.69, 9.17) is 0 Å². The lowest BCUT2D eigenvalue weighted by Crippen LogP contribution is -2.27. The van der Waals surface area contributed by atoms with Crippen LogP contribution >= 0.6 is 0 Å². The predicted molar refractivity (Wildman–Crippen MR) is 72.5 cm³/mol. The maximum absolute atomic E-state index is 12.2. The Hall–Kier alpha value is -2.13. The molecule has 3 heteroatoms. The summed E-state index contributed by atoms with van der Waals surface area (Å²) in [6.45, 7) is 2.45. The molecule has 0 radical (unpaired) electrons. The lowest BCUT2D eigenvalue weighted by Gasteiger charge is -2.21. The molecule has 0 saturated heterocycles. The van der Waals surface area contributed by atoms with Crippen molar-refractivity contribution in [3.63, 3.8) is 0 Å². The fourth-order valence-electron chi connectivity index (χ4n) is 2.40. The van der Waals surface area contributed by atoms with E-state index in [9.17, 15) is 9.90 Å². The highest BCUT2D eigenvalue weighted by atomic mass is 16.3. The second-order valence-electron chi connectivity index (χ2n) is 4.88. The number of amides is 1. The summed E-state index contributed by atoms with van der Waals surface area (Å²) < 4.78 is 0. The van der Waals surface area contributed by atoms with Crippen molar-refractivity contribution in [3.05, 3.63) is 70.8 Å². The van der Waals surface area contributed by atoms with E-state index in [2.05, 4.69) is 0 Å². The van der Waals surface area contributed by atoms with Gasteiger partial charge in [0.2, 0.25) is 0 Å². The average molecular weight is 253 g/mol. The lowest BCUT2D eigenvalue weighted by molar-refractivity contribution is 0.0137. The van der Waals surface area contributed by atoms with Gasteiger partial charge in [-0.25, -0.2) is 0 Å². The molecule has 2 aromatic rings. The van der Waals surface area contributed by atoms with Crippen LogP contribution in [0.1, 0.15) is 33.3 Å². The number of carbonyl (C=O) groups excluding carboxylic acids is 1. The third-order valence-electron chi connectivity index (χ3n) is 3.50. The van der Waals surface area contributed by atoms with Gasteiger partial charge in [-0.15, -0.1) is 0 Å². The monoisotopic (exact) mass is 253 g/mol. The number of nitrogens with zero attached hydrogens (tertiary/aromatic N) is 1. The zero-order chi connectivity index (χ0) is 13.4. The quantitative estimate of drug-likeness (QED) is 0.893. The van der Waals surface area contributed by atoms with Gasteiger partial charge >= 0.3 is 0 Å². The first-order valence-corrected chi connectivity index (χ1v) is 6.30. The van der Waals surface area contributed by atoms with E-state index in [-0.39, 0.29) is 5.91 Å². The van der Waals surface area contributed by atoms with Gasteiger partial charge in [0.15, 0.2) is 6.23 Å². The van der Waals surface area contributed by atoms with Crippen molar-refractivity contribution in [3.8, 4) is 0 Å². The Kier molecular flexibility index (Phi) is 2.84. The zero-order valence-corrected chi connectivity index (χ0v) is 10.7. The highest BCUT2D eigenvalue weighted by Gasteiger charge is 2.34. The Labute approximate surface area is 112 Å². The van der Waals surface area contributed by atoms with Crippen LogP contribution in [0, 0.1) is 6.92 Å². The summed E-state index contributed by atoms with van der Waals surface area (Å²) in [4.78, 5) is 13.7. The Morgan fingerprint density at radius 2 is 1.79 bits per heavy atom. The van der Waals surface area contributed by atoms with Crippen LogP contribution in [0.15, 0.2) is 48.5 Å². The van der Waals surface area contributed by atoms with Gasteiger partial charge in [-0.2, -0.15) is 0 Å². The molecule has 0 spiro atoms. The van der Waals surface area contributed by atoms with Crippen molar-refractivity contribution in [2.24, 2.45) is 0 Å². The first kappa shape index (κ1) is 11.9. The zero-order valence-electron chi connectivity index (χ0n) is 10.7. The molecule has 1 unspecified atom stereocenters. The van der Waals surface area contributed by atoms with E-state index in [0.29, 0.717) is 17.7 Å². The molecule has 0 fully saturated rings. The number of benzene rings is 2. The summed E-state index contributed by atoms with van der Waals surface area (Å²) in [5, 5.41) is 10.2. The van der Waals surface area contributed by atoms with Crippen molar-refractivity contribution in [2.45, 2.75) is 19.7 Å². The number of hydrogen-bond donors (Lipinski definition) is 1. The molecule has 1 heterocycles. The van der Waals surface area contributed by atoms with E-state index in [1.54, 1.807) is 12.1 Å². The van der Waals surface area contributed by atoms with Crippen molar-refractivity contribution < 1.29 is 9.90 Å². The van der Waals surface area contributed by atoms with Crippen molar-refractivity contribution in [1.82, 2.24) is 4.90 Å². The summed E-state index contributed by atoms with van der Waals surface area (Å²) >= 11 is 0. The molecule has 0 aromatic heterocycles. The van der Waals surface area contributed by atoms with Crippen LogP contribution in [0.3, 0.4) is 0 Å². The van der Waals surface area contributed by atoms with E-state index in [1.807, 2.05) is 43.3 Å². The molecule has 1 amide bonds. The minimum absolute atomic E-state index is 0.108. The highest BCUT2D eigenvalue weighted by molar-refractivity contribution is 5.98. The average Bonchev–Trinajstić information content (AvgIpc) is 2.67. The van der Waals surface area contributed by atoms with Crippen LogP contribution < -0.4 is 0 Å². The molecule has 3 nitrogen and oxygen atoms in total. The Balaban J connectivity index is 1.88. The van der Waals surface area contributed by atoms with E-state index < -0.39 is 6.23 Å². The summed E-state index contributed by atoms with van der Waals surface area (Å²) in [6, 6.07) is 15.2. The predicted octanol–water partition coefficient (Wildman–Crippen LogP) is 2.64. The number of carbonyl (C=O) groups is 1. The lowest BCUT2D eigenvalue weighted by atomic mass is 10.1. The van der Waals surface area contributed by atoms with Gasteiger partial charge in [0, 0.05) is 17.7 Å². The van der Waals surface area contributed by atoms with Gasteiger partial charge in [0.05, 0.1) is 0 Å². The van der Waals surface area contributed by atoms with Crippen molar-refractivity contribution in [2.75, 3.05) is 0 Å². The molecular formula is C16H15NO2. The Morgan fingerprint density at radius 1 is 1.11 bits per heavy atom. The first-order valence-electron chi connectivity index (χ1n) is 6.30. The maximum atomic E-state index is 12.2. The van der Waals surface area contributed by atoms with Gasteiger partial charge in [0.1, 0.15) is 0 Å². The number of hydrogen-bond acceptors (Lipinski definition) is 2. The van der Waals surface area contributed by atoms with Crippen LogP contribution in [0.4, 0.5) is 0 Å². The molecule has 3 rings (SSSR count). The van der Waals surface area contributed by atoms with Gasteiger partial charge in [-0.3, -0.25) is 4.79 Å². The van der Waals surface area contributed by atoms with Crippen molar-refractivity contribution in [1.29, 1.82) is 0 Å². The molecule has 2 aromatic carbocycles. The molecular weight excluding hydrogens is 238 g/mol. The molecule has 96 valence electrons. The summed E-state index contributed by atoms with van der Waals surface area (Å²) in [5.41, 5.74) is 3.49. The van der Waals surface area contributed by atoms with E-state index in [0.717, 1.165) is 5.56 Å². The van der Waals surface area contributed by atoms with E-state index in [1.165, 1.54) is 10.5 Å². The Morgan fingerprint density at radius 3 is 2.47 bits per heavy atom. The number of aliphatic hydroxyl groups excluding tert-OH is 1. The molecule has 0 bridgehead atoms. The second kappa shape index (κ2) is 4.52. The summed E-state index contributed by atoms with van der Waals surface area (Å²) in [5.74, 6) is -0.108. The molecule has 19 heavy (non-hydrogen) atoms. The summed E-state index contributed by atoms with van der Waals surface area (Å²) in [6.07, 6.45) is -0.843. The molecule has 1 aliphatic rings. The minimum Gasteiger partial charge on any atom is -0.369 e. The van der Waals surface area contributed by atoms with Gasteiger partial charge in [-0.1, -0.05) is 48.0 Å². The number of aliphatic hydroxyl groups is 1. The van der Waals surface area contributed by atoms with Crippen LogP contribution in [0.25, 0.3) is 0 Å². The smallest absolute Gasteiger partial charge is 0.256 e. The molecule has 1 aliphatic heterocycles. The van der Waals surface area contributed by atoms with Crippen LogP contribution in [0.2, 0.25) is 0 Å². The summed E-state index contributed by atoms with van der Waals surface area (Å²) in [7, 11) is 0. The highest BCUT2D eigenvalue weighted by Crippen LogP contribution is 2.32. The second-order valence-corrected chi connectivity index (χ2v) is 4.88. The number of aryl methyl sites for hydroxylation is 1. The molecule has 1 atom stereocenters. The van der Waals surface area contributed by atoms with Gasteiger partial charge in [0.25, 0.3) is 5.91 Å². The normalized spacial score (nSPS) is 17.7. The van der Waals surface area contributed by atoms with E-state index >= 15 is 0 Å². The third-order valence-corrected chi connectivity index (χ3v) is 3.50. The maximum Gasteiger partial charge on any atom is 0.256 e. The van der Waals surface area contributed by atoms with Crippen LogP contribution in [-0.2, 0) is 6.54 Å². The molecule has 0 aliphatic carbocycles. The number of rotatable bonds is 2. The Bertz CT molecular complexity index is 619. The SMILES string of the molecule is Cc1ccc(CN2C(=O)c3ccccc3C2O)cc1. The van der Waals surface area contributed by atoms with Crippen LogP contribution in [0.5, 0.6) is 0 Å². The topological polar surface area (TPSA) is 40.5 Å². The molecule has 1 N–H and O–H groups in total. The minimum atomic E-state index is -0.843. The largest absolute Gasteiger partial charge is 0.369 e. The molecule has 0 saturated carbocycles. The first-order chi connectivity index (χ1) is 9.16. The fourth-order valence-corrected chi connectivity index (χ4v) is 2.40. The van der Waals surface area contributed by atoms with Gasteiger partial charge in [-0.05, 0) is 18.6 Å². The standard InChI is InChI=1S/C16H15NO2/c1-11-6-8-12(9-7-11)10-17-15(18)13-4-2-3-5-14(13)16(17)19/h2-9,15,18H,10H2,1H3. The van der Waals surface area contributed by atoms with Crippen molar-refractivity contribution >= 4 is 5.91 Å². The van der Waals surface area contributed by atoms with Crippen LogP contribution in [-0.4, -0.2) is 15.9 Å².